The lowest BCUT2D eigenvalue weighted by molar-refractivity contribution is 0.415. The van der Waals surface area contributed by atoms with E-state index in [0.29, 0.717) is 11.3 Å². The molecule has 0 radical (unpaired) electrons. The summed E-state index contributed by atoms with van der Waals surface area (Å²) < 4.78 is 13.1. The van der Waals surface area contributed by atoms with Gasteiger partial charge < -0.3 is 13.7 Å². The van der Waals surface area contributed by atoms with Gasteiger partial charge in [-0.1, -0.05) is 43.7 Å². The van der Waals surface area contributed by atoms with Crippen molar-refractivity contribution in [2.75, 3.05) is 7.11 Å². The van der Waals surface area contributed by atoms with Crippen LogP contribution in [0, 0.1) is 0 Å². The molecule has 0 saturated carbocycles. The van der Waals surface area contributed by atoms with Gasteiger partial charge in [-0.15, -0.1) is 0 Å². The van der Waals surface area contributed by atoms with E-state index >= 15 is 0 Å². The predicted octanol–water partition coefficient (Wildman–Crippen LogP) is 5.22. The summed E-state index contributed by atoms with van der Waals surface area (Å²) >= 11 is 0. The predicted molar refractivity (Wildman–Crippen MR) is 105 cm³/mol. The second kappa shape index (κ2) is 6.71. The number of methoxy groups -OCH3 is 1. The van der Waals surface area contributed by atoms with Crippen molar-refractivity contribution in [3.63, 3.8) is 0 Å². The van der Waals surface area contributed by atoms with Gasteiger partial charge in [-0.2, -0.15) is 0 Å². The lowest BCUT2D eigenvalue weighted by Crippen LogP contribution is -2.07. The van der Waals surface area contributed by atoms with Crippen LogP contribution in [0.3, 0.4) is 0 Å². The molecule has 0 saturated heterocycles. The van der Waals surface area contributed by atoms with Crippen LogP contribution in [-0.2, 0) is 6.54 Å². The molecule has 0 bridgehead atoms. The van der Waals surface area contributed by atoms with Gasteiger partial charge in [-0.05, 0) is 30.7 Å². The molecule has 4 heteroatoms. The van der Waals surface area contributed by atoms with Gasteiger partial charge in [0.05, 0.1) is 7.11 Å². The Balaban J connectivity index is 2.06. The highest BCUT2D eigenvalue weighted by Gasteiger charge is 2.17. The zero-order valence-electron chi connectivity index (χ0n) is 15.0. The molecule has 4 nitrogen and oxygen atoms in total. The number of ether oxygens (including phenoxy) is 1. The van der Waals surface area contributed by atoms with E-state index in [0.717, 1.165) is 47.0 Å². The molecular weight excluding hydrogens is 326 g/mol. The summed E-state index contributed by atoms with van der Waals surface area (Å²) in [6, 6.07) is 17.6. The van der Waals surface area contributed by atoms with E-state index < -0.39 is 0 Å². The summed E-state index contributed by atoms with van der Waals surface area (Å²) in [5, 5.41) is 1.92. The molecule has 4 rings (SSSR count). The maximum atomic E-state index is 12.9. The number of benzene rings is 2. The fourth-order valence-electron chi connectivity index (χ4n) is 3.45. The molecule has 2 heterocycles. The van der Waals surface area contributed by atoms with Crippen molar-refractivity contribution in [3.05, 3.63) is 65.0 Å². The number of rotatable bonds is 5. The van der Waals surface area contributed by atoms with Gasteiger partial charge in [0.2, 0.25) is 0 Å². The van der Waals surface area contributed by atoms with Gasteiger partial charge in [0.15, 0.2) is 0 Å². The van der Waals surface area contributed by atoms with Crippen LogP contribution in [0.25, 0.3) is 33.1 Å². The zero-order valence-corrected chi connectivity index (χ0v) is 15.0. The normalized spacial score (nSPS) is 11.3. The van der Waals surface area contributed by atoms with E-state index in [9.17, 15) is 4.79 Å². The van der Waals surface area contributed by atoms with Gasteiger partial charge in [0, 0.05) is 28.4 Å². The summed E-state index contributed by atoms with van der Waals surface area (Å²) in [7, 11) is 1.65. The molecule has 0 fully saturated rings. The molecule has 4 aromatic rings. The minimum Gasteiger partial charge on any atom is -0.497 e. The summed E-state index contributed by atoms with van der Waals surface area (Å²) in [6.07, 6.45) is 2.07. The van der Waals surface area contributed by atoms with E-state index in [1.807, 2.05) is 54.6 Å². The fourth-order valence-corrected chi connectivity index (χ4v) is 3.45. The highest BCUT2D eigenvalue weighted by Crippen LogP contribution is 2.33. The second-order valence-electron chi connectivity index (χ2n) is 6.41. The van der Waals surface area contributed by atoms with E-state index in [1.54, 1.807) is 7.11 Å². The van der Waals surface area contributed by atoms with Crippen molar-refractivity contribution in [2.24, 2.45) is 0 Å². The van der Waals surface area contributed by atoms with Crippen LogP contribution in [0.15, 0.2) is 63.8 Å². The number of fused-ring (bicyclic) bond motifs is 3. The molecule has 0 N–H and O–H groups in total. The van der Waals surface area contributed by atoms with E-state index in [-0.39, 0.29) is 5.63 Å². The molecule has 2 aromatic carbocycles. The minimum absolute atomic E-state index is 0.298. The van der Waals surface area contributed by atoms with Crippen LogP contribution >= 0.6 is 0 Å². The Bertz CT molecular complexity index is 1120. The van der Waals surface area contributed by atoms with Crippen LogP contribution in [0.5, 0.6) is 5.75 Å². The summed E-state index contributed by atoms with van der Waals surface area (Å²) in [4.78, 5) is 12.9. The lowest BCUT2D eigenvalue weighted by Gasteiger charge is -2.06. The average molecular weight is 347 g/mol. The third-order valence-corrected chi connectivity index (χ3v) is 4.77. The van der Waals surface area contributed by atoms with Crippen LogP contribution in [0.1, 0.15) is 19.8 Å². The highest BCUT2D eigenvalue weighted by atomic mass is 16.5. The van der Waals surface area contributed by atoms with E-state index in [4.69, 9.17) is 9.15 Å². The summed E-state index contributed by atoms with van der Waals surface area (Å²) in [5.74, 6) is 1.36. The number of aryl methyl sites for hydroxylation is 1. The molecular formula is C22H21NO3. The maximum absolute atomic E-state index is 12.9. The first-order chi connectivity index (χ1) is 12.7. The number of hydrogen-bond acceptors (Lipinski definition) is 3. The standard InChI is InChI=1S/C22H21NO3/c1-3-4-12-23-19-11-10-16(25-2)13-17(19)18-14-20(26-22(24)21(18)23)15-8-6-5-7-9-15/h5-11,13-14H,3-4,12H2,1-2H3. The molecule has 26 heavy (non-hydrogen) atoms. The highest BCUT2D eigenvalue weighted by molar-refractivity contribution is 6.08. The van der Waals surface area contributed by atoms with Crippen molar-refractivity contribution in [1.29, 1.82) is 0 Å². The Morgan fingerprint density at radius 2 is 1.85 bits per heavy atom. The smallest absolute Gasteiger partial charge is 0.361 e. The third kappa shape index (κ3) is 2.68. The molecule has 2 aromatic heterocycles. The molecule has 0 unspecified atom stereocenters. The van der Waals surface area contributed by atoms with Crippen molar-refractivity contribution in [3.8, 4) is 17.1 Å². The Kier molecular flexibility index (Phi) is 4.25. The largest absolute Gasteiger partial charge is 0.497 e. The Labute approximate surface area is 151 Å². The molecule has 0 spiro atoms. The maximum Gasteiger partial charge on any atom is 0.361 e. The lowest BCUT2D eigenvalue weighted by atomic mass is 10.1. The van der Waals surface area contributed by atoms with Crippen LogP contribution < -0.4 is 10.4 Å². The van der Waals surface area contributed by atoms with Crippen LogP contribution in [0.4, 0.5) is 0 Å². The van der Waals surface area contributed by atoms with Crippen LogP contribution in [0.2, 0.25) is 0 Å². The Morgan fingerprint density at radius 3 is 2.58 bits per heavy atom. The van der Waals surface area contributed by atoms with Gasteiger partial charge in [0.25, 0.3) is 0 Å². The van der Waals surface area contributed by atoms with Crippen molar-refractivity contribution in [2.45, 2.75) is 26.3 Å². The van der Waals surface area contributed by atoms with Gasteiger partial charge >= 0.3 is 5.63 Å². The molecule has 132 valence electrons. The topological polar surface area (TPSA) is 44.4 Å². The number of hydrogen-bond donors (Lipinski definition) is 0. The SMILES string of the molecule is CCCCn1c2ccc(OC)cc2c2cc(-c3ccccc3)oc(=O)c21. The fraction of sp³-hybridized carbons (Fsp3) is 0.227. The third-order valence-electron chi connectivity index (χ3n) is 4.77. The quantitative estimate of drug-likeness (QED) is 0.497. The summed E-state index contributed by atoms with van der Waals surface area (Å²) in [6.45, 7) is 2.94. The summed E-state index contributed by atoms with van der Waals surface area (Å²) in [5.41, 5.74) is 2.25. The van der Waals surface area contributed by atoms with Crippen molar-refractivity contribution >= 4 is 21.8 Å². The average Bonchev–Trinajstić information content (AvgIpc) is 3.00. The second-order valence-corrected chi connectivity index (χ2v) is 6.41. The van der Waals surface area contributed by atoms with Gasteiger partial charge in [-0.25, -0.2) is 4.79 Å². The first-order valence-corrected chi connectivity index (χ1v) is 8.92. The Morgan fingerprint density at radius 1 is 1.04 bits per heavy atom. The van der Waals surface area contributed by atoms with Crippen molar-refractivity contribution < 1.29 is 9.15 Å². The molecule has 0 aliphatic heterocycles. The van der Waals surface area contributed by atoms with Gasteiger partial charge in [0.1, 0.15) is 17.0 Å². The molecule has 0 aliphatic rings. The van der Waals surface area contributed by atoms with Crippen LogP contribution in [-0.4, -0.2) is 11.7 Å². The Hall–Kier alpha value is -3.01. The number of aromatic nitrogens is 1. The first-order valence-electron chi connectivity index (χ1n) is 8.92. The minimum atomic E-state index is -0.298. The number of unbranched alkanes of at least 4 members (excludes halogenated alkanes) is 1. The molecule has 0 amide bonds. The zero-order chi connectivity index (χ0) is 18.1. The van der Waals surface area contributed by atoms with Crippen molar-refractivity contribution in [1.82, 2.24) is 4.57 Å². The molecule has 0 aliphatic carbocycles. The number of nitrogens with zero attached hydrogens (tertiary/aromatic N) is 1. The van der Waals surface area contributed by atoms with Gasteiger partial charge in [-0.3, -0.25) is 0 Å². The van der Waals surface area contributed by atoms with E-state index in [2.05, 4.69) is 11.5 Å². The monoisotopic (exact) mass is 347 g/mol. The first kappa shape index (κ1) is 16.5. The van der Waals surface area contributed by atoms with E-state index in [1.165, 1.54) is 0 Å². The molecule has 0 atom stereocenters.